The molecule has 8 aromatic carbocycles. The fourth-order valence-electron chi connectivity index (χ4n) is 10.3. The van der Waals surface area contributed by atoms with Crippen LogP contribution in [-0.4, -0.2) is 79.8 Å². The predicted octanol–water partition coefficient (Wildman–Crippen LogP) is 21.4. The van der Waals surface area contributed by atoms with Gasteiger partial charge in [0.15, 0.2) is 0 Å². The number of rotatable bonds is 17. The number of esters is 2. The van der Waals surface area contributed by atoms with Crippen LogP contribution in [0.4, 0.5) is 120 Å². The first-order valence-electron chi connectivity index (χ1n) is 34.1. The third-order valence-corrected chi connectivity index (χ3v) is 15.6. The summed E-state index contributed by atoms with van der Waals surface area (Å²) < 4.78 is 234. The number of ether oxygens (including phenoxy) is 3. The maximum Gasteiger partial charge on any atom is 0.412 e. The van der Waals surface area contributed by atoms with E-state index in [9.17, 15) is 104 Å². The number of urea groups is 1. The molecule has 624 valence electrons. The van der Waals surface area contributed by atoms with Crippen molar-refractivity contribution in [1.29, 1.82) is 0 Å². The molecule has 8 N–H and O–H groups in total. The van der Waals surface area contributed by atoms with Crippen LogP contribution in [0.5, 0.6) is 0 Å². The summed E-state index contributed by atoms with van der Waals surface area (Å²) in [6, 6.07) is 32.0. The van der Waals surface area contributed by atoms with Crippen LogP contribution in [-0.2, 0) is 14.2 Å². The summed E-state index contributed by atoms with van der Waals surface area (Å²) in [5.41, 5.74) is 5.38. The third kappa shape index (κ3) is 24.1. The molecule has 0 saturated carbocycles. The molecular formula is C83H63ClF16N10O10. The van der Waals surface area contributed by atoms with E-state index in [1.165, 1.54) is 54.6 Å². The Morgan fingerprint density at radius 2 is 0.733 bits per heavy atom. The van der Waals surface area contributed by atoms with E-state index in [0.29, 0.717) is 29.2 Å². The molecule has 0 saturated heterocycles. The number of carbonyl (C=O) groups excluding carboxylic acids is 5. The van der Waals surface area contributed by atoms with Crippen molar-refractivity contribution in [3.8, 4) is 45.0 Å². The maximum atomic E-state index is 14.3. The Balaban J connectivity index is 0.000000209. The van der Waals surface area contributed by atoms with E-state index in [-0.39, 0.29) is 105 Å². The Morgan fingerprint density at radius 3 is 1.07 bits per heavy atom. The zero-order valence-corrected chi connectivity index (χ0v) is 62.6. The van der Waals surface area contributed by atoms with E-state index < -0.39 is 163 Å². The Morgan fingerprint density at radius 1 is 0.408 bits per heavy atom. The van der Waals surface area contributed by atoms with Gasteiger partial charge in [-0.1, -0.05) is 43.3 Å². The van der Waals surface area contributed by atoms with E-state index in [4.69, 9.17) is 37.3 Å². The second-order valence-electron chi connectivity index (χ2n) is 24.8. The first-order valence-corrected chi connectivity index (χ1v) is 34.5. The van der Waals surface area contributed by atoms with Gasteiger partial charge < -0.3 is 41.4 Å². The molecule has 4 heterocycles. The zero-order chi connectivity index (χ0) is 87.4. The minimum absolute atomic E-state index is 0. The van der Waals surface area contributed by atoms with Crippen molar-refractivity contribution in [3.63, 3.8) is 0 Å². The number of aromatic nitrogens is 4. The van der Waals surface area contributed by atoms with Crippen molar-refractivity contribution in [2.75, 3.05) is 34.1 Å². The molecule has 12 aromatic rings. The first kappa shape index (κ1) is 92.7. The van der Waals surface area contributed by atoms with Gasteiger partial charge in [-0.05, 0) is 180 Å². The van der Waals surface area contributed by atoms with Crippen LogP contribution < -0.4 is 32.3 Å². The third-order valence-electron chi connectivity index (χ3n) is 15.4. The number of halogens is 17. The van der Waals surface area contributed by atoms with Crippen molar-refractivity contribution in [2.45, 2.75) is 47.6 Å². The van der Waals surface area contributed by atoms with Crippen LogP contribution in [0.15, 0.2) is 194 Å². The SMILES string of the molecule is C.CC(C)(C)OC(=O)Nc1c(F)cccc1F.CCOC(=O)c1ccc(Cl)nc1-c1ccc(F)cc1F.CCOC(=O)c1ccc(Nc2c(F)cccc2F)nc1-c1ccc(F)cc1F.NC(=O)c1ccc(N(C(N)=O)c2c(F)cccc2F)nc1-c1ccc(F)cc1F.O=C(O)c1ccc(Nc2c(F)cccc2F)nc1-c1ccc(F)cc1F. The Kier molecular flexibility index (Phi) is 32.0. The number of pyridine rings is 4. The van der Waals surface area contributed by atoms with Gasteiger partial charge in [0.1, 0.15) is 144 Å². The largest absolute Gasteiger partial charge is 0.478 e. The molecule has 0 spiro atoms. The molecule has 0 aliphatic carbocycles. The highest BCUT2D eigenvalue weighted by Crippen LogP contribution is 2.37. The number of primary amides is 2. The van der Waals surface area contributed by atoms with Gasteiger partial charge in [-0.15, -0.1) is 0 Å². The number of carboxylic acid groups (broad SMARTS) is 1. The highest BCUT2D eigenvalue weighted by molar-refractivity contribution is 6.29. The second kappa shape index (κ2) is 41.4. The zero-order valence-electron chi connectivity index (χ0n) is 61.8. The molecule has 37 heteroatoms. The van der Waals surface area contributed by atoms with Crippen molar-refractivity contribution < 1.29 is 118 Å². The summed E-state index contributed by atoms with van der Waals surface area (Å²) in [4.78, 5) is 86.7. The number of para-hydroxylation sites is 4. The number of hydrogen-bond acceptors (Lipinski definition) is 15. The molecule has 4 aromatic heterocycles. The van der Waals surface area contributed by atoms with Crippen LogP contribution in [0, 0.1) is 93.1 Å². The number of aromatic carboxylic acids is 1. The van der Waals surface area contributed by atoms with Gasteiger partial charge in [0.2, 0.25) is 0 Å². The lowest BCUT2D eigenvalue weighted by Gasteiger charge is -2.22. The van der Waals surface area contributed by atoms with Gasteiger partial charge in [0.25, 0.3) is 5.91 Å². The molecule has 0 bridgehead atoms. The molecular weight excluding hydrogens is 1640 g/mol. The number of anilines is 7. The second-order valence-corrected chi connectivity index (χ2v) is 25.2. The van der Waals surface area contributed by atoms with E-state index in [0.717, 1.165) is 115 Å². The minimum atomic E-state index is -1.39. The number of nitrogens with one attached hydrogen (secondary N) is 3. The quantitative estimate of drug-likeness (QED) is 0.0214. The Bertz CT molecular complexity index is 5760. The maximum absolute atomic E-state index is 14.3. The molecule has 0 aliphatic rings. The van der Waals surface area contributed by atoms with Crippen molar-refractivity contribution in [3.05, 3.63) is 315 Å². The van der Waals surface area contributed by atoms with Gasteiger partial charge >= 0.3 is 30.0 Å². The van der Waals surface area contributed by atoms with E-state index >= 15 is 0 Å². The number of carbonyl (C=O) groups is 6. The summed E-state index contributed by atoms with van der Waals surface area (Å²) in [6.45, 7) is 8.47. The lowest BCUT2D eigenvalue weighted by Crippen LogP contribution is -2.33. The summed E-state index contributed by atoms with van der Waals surface area (Å²) >= 11 is 5.77. The summed E-state index contributed by atoms with van der Waals surface area (Å²) in [5.74, 6) is -18.9. The standard InChI is InChI=1S/C20H14F4N2O2.C19H12F4N4O2.C18H10F4N2O2.C14H10ClF2NO2.C11H13F2NO2.CH4/c1-2-28-20(27)13-8-9-17(26-19-14(22)4-3-5-15(19)23)25-18(13)12-7-6-11(21)10-16(12)24;20-9-4-5-10(14(23)8-9)16-11(18(24)28)6-7-15(26-16)27(19(25)29)17-12(21)2-1-3-13(17)22;19-9-4-5-10(14(22)8-9)16-11(18(25)26)6-7-15(23-16)24-17-12(20)2-1-3-13(17)21;1-2-20-14(19)10-5-6-12(15)18-13(10)9-4-3-8(16)7-11(9)17;1-11(2,3)16-10(15)14-9-7(12)5-4-6-8(9)13;/h3-10H,2H2,1H3,(H,25,26);1-8H,(H2,24,28)(H2,25,29);1-8H,(H,23,24)(H,25,26);3-7H,2H2,1H3;4-6H,1-3H3,(H,14,15);1H4. The smallest absolute Gasteiger partial charge is 0.412 e. The molecule has 120 heavy (non-hydrogen) atoms. The molecule has 0 fully saturated rings. The topological polar surface area (TPSA) is 293 Å². The van der Waals surface area contributed by atoms with Gasteiger partial charge in [-0.25, -0.2) is 119 Å². The van der Waals surface area contributed by atoms with Crippen molar-refractivity contribution in [1.82, 2.24) is 19.9 Å². The number of amides is 4. The average Bonchev–Trinajstić information content (AvgIpc) is 0.775. The number of nitrogens with two attached hydrogens (primary N) is 2. The lowest BCUT2D eigenvalue weighted by molar-refractivity contribution is 0.0517. The van der Waals surface area contributed by atoms with Gasteiger partial charge in [-0.3, -0.25) is 10.1 Å². The molecule has 0 atom stereocenters. The predicted molar refractivity (Wildman–Crippen MR) is 411 cm³/mol. The fraction of sp³-hybridized carbons (Fsp3) is 0.108. The normalized spacial score (nSPS) is 10.6. The molecule has 4 amide bonds. The number of carboxylic acids is 1. The number of hydrogen-bond donors (Lipinski definition) is 6. The van der Waals surface area contributed by atoms with E-state index in [2.05, 4.69) is 30.6 Å². The molecule has 0 aliphatic heterocycles. The van der Waals surface area contributed by atoms with Crippen LogP contribution in [0.3, 0.4) is 0 Å². The van der Waals surface area contributed by atoms with Crippen LogP contribution in [0.2, 0.25) is 5.15 Å². The molecule has 0 radical (unpaired) electrons. The highest BCUT2D eigenvalue weighted by Gasteiger charge is 2.29. The van der Waals surface area contributed by atoms with Crippen LogP contribution >= 0.6 is 11.6 Å². The minimum Gasteiger partial charge on any atom is -0.478 e. The fourth-order valence-corrected chi connectivity index (χ4v) is 10.4. The monoisotopic (exact) mass is 1700 g/mol. The van der Waals surface area contributed by atoms with Gasteiger partial charge in [0.05, 0.1) is 58.2 Å². The number of benzene rings is 8. The first-order chi connectivity index (χ1) is 56.3. The van der Waals surface area contributed by atoms with Gasteiger partial charge in [0, 0.05) is 46.5 Å². The average molecular weight is 1700 g/mol. The lowest BCUT2D eigenvalue weighted by atomic mass is 10.0. The molecule has 12 rings (SSSR count). The Hall–Kier alpha value is -14.5. The number of nitrogens with zero attached hydrogens (tertiary/aromatic N) is 5. The van der Waals surface area contributed by atoms with Crippen molar-refractivity contribution in [2.24, 2.45) is 11.5 Å². The summed E-state index contributed by atoms with van der Waals surface area (Å²) in [6.07, 6.45) is -0.892. The van der Waals surface area contributed by atoms with E-state index in [1.54, 1.807) is 34.6 Å². The van der Waals surface area contributed by atoms with Crippen LogP contribution in [0.25, 0.3) is 45.0 Å². The summed E-state index contributed by atoms with van der Waals surface area (Å²) in [7, 11) is 0. The summed E-state index contributed by atoms with van der Waals surface area (Å²) in [5, 5.41) is 16.2. The van der Waals surface area contributed by atoms with E-state index in [1.807, 2.05) is 5.32 Å². The Labute approximate surface area is 676 Å². The molecule has 20 nitrogen and oxygen atoms in total. The van der Waals surface area contributed by atoms with Gasteiger partial charge in [-0.2, -0.15) is 0 Å². The highest BCUT2D eigenvalue weighted by atomic mass is 35.5. The molecule has 0 unspecified atom stereocenters. The van der Waals surface area contributed by atoms with Crippen molar-refractivity contribution >= 4 is 87.7 Å². The van der Waals surface area contributed by atoms with Crippen LogP contribution in [0.1, 0.15) is 83.5 Å².